The predicted octanol–water partition coefficient (Wildman–Crippen LogP) is 3.78. The summed E-state index contributed by atoms with van der Waals surface area (Å²) in [6.45, 7) is 0.748. The molecule has 1 fully saturated rings. The molecular weight excluding hydrogens is 372 g/mol. The minimum absolute atomic E-state index is 0.0913. The average Bonchev–Trinajstić information content (AvgIpc) is 2.45. The molecule has 1 heterocycles. The quantitative estimate of drug-likeness (QED) is 0.796. The number of hydrogen-bond donors (Lipinski definition) is 1. The van der Waals surface area contributed by atoms with Gasteiger partial charge in [-0.1, -0.05) is 28.8 Å². The van der Waals surface area contributed by atoms with Crippen LogP contribution in [0.25, 0.3) is 0 Å². The number of rotatable bonds is 4. The lowest BCUT2D eigenvalue weighted by atomic mass is 9.80. The first-order chi connectivity index (χ1) is 9.22. The molecule has 3 nitrogen and oxygen atoms in total. The number of amides is 1. The van der Waals surface area contributed by atoms with Crippen LogP contribution in [0, 0.1) is 11.8 Å². The summed E-state index contributed by atoms with van der Waals surface area (Å²) in [6, 6.07) is 3.65. The van der Waals surface area contributed by atoms with Gasteiger partial charge in [-0.3, -0.25) is 4.79 Å². The molecule has 5 heteroatoms. The van der Waals surface area contributed by atoms with Crippen molar-refractivity contribution in [3.05, 3.63) is 28.5 Å². The Balaban J connectivity index is 1.91. The maximum Gasteiger partial charge on any atom is 0.271 e. The highest BCUT2D eigenvalue weighted by Crippen LogP contribution is 2.30. The fourth-order valence-corrected chi connectivity index (χ4v) is 3.90. The third kappa shape index (κ3) is 4.02. The van der Waals surface area contributed by atoms with Gasteiger partial charge < -0.3 is 5.32 Å². The molecule has 1 saturated carbocycles. The Kier molecular flexibility index (Phi) is 5.82. The van der Waals surface area contributed by atoms with Crippen LogP contribution in [0.1, 0.15) is 36.2 Å². The lowest BCUT2D eigenvalue weighted by molar-refractivity contribution is 0.0931. The lowest BCUT2D eigenvalue weighted by Crippen LogP contribution is -2.35. The zero-order valence-electron chi connectivity index (χ0n) is 10.7. The number of aromatic nitrogens is 1. The molecule has 2 unspecified atom stereocenters. The molecule has 0 bridgehead atoms. The van der Waals surface area contributed by atoms with Crippen molar-refractivity contribution in [1.82, 2.24) is 10.3 Å². The maximum atomic E-state index is 12.1. The van der Waals surface area contributed by atoms with Crippen molar-refractivity contribution in [2.45, 2.75) is 25.7 Å². The normalized spacial score (nSPS) is 23.1. The Morgan fingerprint density at radius 1 is 1.37 bits per heavy atom. The predicted molar refractivity (Wildman–Crippen MR) is 83.5 cm³/mol. The van der Waals surface area contributed by atoms with Crippen molar-refractivity contribution in [3.63, 3.8) is 0 Å². The molecule has 2 atom stereocenters. The first kappa shape index (κ1) is 15.0. The van der Waals surface area contributed by atoms with Gasteiger partial charge in [-0.2, -0.15) is 0 Å². The number of pyridine rings is 1. The van der Waals surface area contributed by atoms with Gasteiger partial charge in [0.05, 0.1) is 0 Å². The van der Waals surface area contributed by atoms with Gasteiger partial charge in [0.1, 0.15) is 5.69 Å². The summed E-state index contributed by atoms with van der Waals surface area (Å²) in [5.74, 6) is 1.17. The fraction of sp³-hybridized carbons (Fsp3) is 0.571. The summed E-state index contributed by atoms with van der Waals surface area (Å²) in [5, 5.41) is 4.05. The molecule has 0 radical (unpaired) electrons. The second kappa shape index (κ2) is 7.39. The largest absolute Gasteiger partial charge is 0.350 e. The Hall–Kier alpha value is -0.420. The summed E-state index contributed by atoms with van der Waals surface area (Å²) < 4.78 is 0.744. The highest BCUT2D eigenvalue weighted by atomic mass is 79.9. The molecule has 0 aromatic carbocycles. The van der Waals surface area contributed by atoms with E-state index in [2.05, 4.69) is 42.2 Å². The highest BCUT2D eigenvalue weighted by Gasteiger charge is 2.24. The summed E-state index contributed by atoms with van der Waals surface area (Å²) in [4.78, 5) is 16.2. The van der Waals surface area contributed by atoms with E-state index >= 15 is 0 Å². The Bertz CT molecular complexity index is 439. The molecule has 0 aliphatic heterocycles. The van der Waals surface area contributed by atoms with E-state index in [0.717, 1.165) is 16.3 Å². The molecule has 1 aromatic heterocycles. The number of nitrogens with zero attached hydrogens (tertiary/aromatic N) is 1. The van der Waals surface area contributed by atoms with E-state index in [0.29, 0.717) is 17.5 Å². The van der Waals surface area contributed by atoms with E-state index in [1.165, 1.54) is 25.7 Å². The molecule has 2 rings (SSSR count). The molecule has 1 aliphatic carbocycles. The van der Waals surface area contributed by atoms with Gasteiger partial charge in [0.2, 0.25) is 0 Å². The summed E-state index contributed by atoms with van der Waals surface area (Å²) in [7, 11) is 0. The maximum absolute atomic E-state index is 12.1. The average molecular weight is 390 g/mol. The van der Waals surface area contributed by atoms with E-state index < -0.39 is 0 Å². The Morgan fingerprint density at radius 3 is 2.79 bits per heavy atom. The van der Waals surface area contributed by atoms with Crippen LogP contribution in [0.5, 0.6) is 0 Å². The van der Waals surface area contributed by atoms with Gasteiger partial charge in [-0.05, 0) is 52.7 Å². The molecule has 104 valence electrons. The van der Waals surface area contributed by atoms with Gasteiger partial charge in [-0.25, -0.2) is 4.98 Å². The van der Waals surface area contributed by atoms with Crippen LogP contribution in [0.3, 0.4) is 0 Å². The first-order valence-corrected chi connectivity index (χ1v) is 8.58. The molecule has 1 amide bonds. The summed E-state index contributed by atoms with van der Waals surface area (Å²) in [6.07, 6.45) is 6.70. The number of carbonyl (C=O) groups is 1. The smallest absolute Gasteiger partial charge is 0.271 e. The third-order valence-corrected chi connectivity index (χ3v) is 5.23. The van der Waals surface area contributed by atoms with Crippen LogP contribution < -0.4 is 5.32 Å². The molecule has 1 aliphatic rings. The molecule has 1 N–H and O–H groups in total. The van der Waals surface area contributed by atoms with Crippen LogP contribution in [-0.2, 0) is 0 Å². The van der Waals surface area contributed by atoms with Crippen molar-refractivity contribution < 1.29 is 4.79 Å². The van der Waals surface area contributed by atoms with Crippen molar-refractivity contribution in [2.24, 2.45) is 11.8 Å². The molecule has 0 saturated heterocycles. The fourth-order valence-electron chi connectivity index (χ4n) is 2.62. The zero-order valence-corrected chi connectivity index (χ0v) is 13.9. The van der Waals surface area contributed by atoms with Crippen molar-refractivity contribution >= 4 is 37.8 Å². The van der Waals surface area contributed by atoms with E-state index in [-0.39, 0.29) is 5.91 Å². The second-order valence-corrected chi connectivity index (χ2v) is 6.50. The van der Waals surface area contributed by atoms with Gasteiger partial charge in [0.15, 0.2) is 0 Å². The lowest BCUT2D eigenvalue weighted by Gasteiger charge is -2.30. The summed E-state index contributed by atoms with van der Waals surface area (Å²) >= 11 is 6.94. The standard InChI is InChI=1S/C14H18Br2N2O/c15-8-10-4-1-2-5-11(10)9-18-14(19)13-12(16)6-3-7-17-13/h3,6-7,10-11H,1-2,4-5,8-9H2,(H,18,19). The number of nitrogens with one attached hydrogen (secondary N) is 1. The van der Waals surface area contributed by atoms with Gasteiger partial charge in [0, 0.05) is 22.5 Å². The van der Waals surface area contributed by atoms with Crippen LogP contribution in [0.4, 0.5) is 0 Å². The second-order valence-electron chi connectivity index (χ2n) is 5.00. The topological polar surface area (TPSA) is 42.0 Å². The van der Waals surface area contributed by atoms with Gasteiger partial charge in [0.25, 0.3) is 5.91 Å². The Labute approximate surface area is 130 Å². The third-order valence-electron chi connectivity index (χ3n) is 3.76. The van der Waals surface area contributed by atoms with Crippen molar-refractivity contribution in [2.75, 3.05) is 11.9 Å². The number of halogens is 2. The van der Waals surface area contributed by atoms with E-state index in [1.54, 1.807) is 6.20 Å². The van der Waals surface area contributed by atoms with E-state index in [1.807, 2.05) is 12.1 Å². The van der Waals surface area contributed by atoms with Gasteiger partial charge in [-0.15, -0.1) is 0 Å². The Morgan fingerprint density at radius 2 is 2.11 bits per heavy atom. The number of carbonyl (C=O) groups excluding carboxylic acids is 1. The zero-order chi connectivity index (χ0) is 13.7. The molecular formula is C14H18Br2N2O. The minimum Gasteiger partial charge on any atom is -0.350 e. The van der Waals surface area contributed by atoms with Crippen LogP contribution in [-0.4, -0.2) is 22.8 Å². The van der Waals surface area contributed by atoms with Crippen molar-refractivity contribution in [3.8, 4) is 0 Å². The van der Waals surface area contributed by atoms with Crippen LogP contribution >= 0.6 is 31.9 Å². The monoisotopic (exact) mass is 388 g/mol. The first-order valence-electron chi connectivity index (χ1n) is 6.67. The summed E-state index contributed by atoms with van der Waals surface area (Å²) in [5.41, 5.74) is 0.466. The van der Waals surface area contributed by atoms with Gasteiger partial charge >= 0.3 is 0 Å². The molecule has 0 spiro atoms. The molecule has 19 heavy (non-hydrogen) atoms. The molecule has 1 aromatic rings. The van der Waals surface area contributed by atoms with Crippen molar-refractivity contribution in [1.29, 1.82) is 0 Å². The number of hydrogen-bond acceptors (Lipinski definition) is 2. The SMILES string of the molecule is O=C(NCC1CCCCC1CBr)c1ncccc1Br. The minimum atomic E-state index is -0.0913. The van der Waals surface area contributed by atoms with Crippen LogP contribution in [0.2, 0.25) is 0 Å². The number of alkyl halides is 1. The van der Waals surface area contributed by atoms with E-state index in [4.69, 9.17) is 0 Å². The van der Waals surface area contributed by atoms with Crippen LogP contribution in [0.15, 0.2) is 22.8 Å². The van der Waals surface area contributed by atoms with E-state index in [9.17, 15) is 4.79 Å². The highest BCUT2D eigenvalue weighted by molar-refractivity contribution is 9.10.